The van der Waals surface area contributed by atoms with Gasteiger partial charge in [0.1, 0.15) is 22.8 Å². The van der Waals surface area contributed by atoms with Crippen molar-refractivity contribution in [3.63, 3.8) is 0 Å². The fourth-order valence-corrected chi connectivity index (χ4v) is 5.51. The number of hydrogen-bond acceptors (Lipinski definition) is 11. The number of thiazole rings is 1. The van der Waals surface area contributed by atoms with Crippen molar-refractivity contribution >= 4 is 63.4 Å². The lowest BCUT2D eigenvalue weighted by atomic mass is 10.0. The van der Waals surface area contributed by atoms with Gasteiger partial charge < -0.3 is 31.8 Å². The van der Waals surface area contributed by atoms with E-state index < -0.39 is 41.8 Å². The van der Waals surface area contributed by atoms with Gasteiger partial charge in [-0.25, -0.2) is 14.6 Å². The number of carboxylic acids is 2. The molecule has 16 heteroatoms. The molecule has 4 heterocycles. The molecular weight excluding hydrogens is 514 g/mol. The van der Waals surface area contributed by atoms with Crippen molar-refractivity contribution in [1.82, 2.24) is 15.2 Å². The second-order valence-corrected chi connectivity index (χ2v) is 9.60. The number of fused-ring (bicyclic) bond motifs is 1. The van der Waals surface area contributed by atoms with Crippen molar-refractivity contribution in [2.24, 2.45) is 5.16 Å². The lowest BCUT2D eigenvalue weighted by Crippen LogP contribution is -2.71. The van der Waals surface area contributed by atoms with E-state index in [9.17, 15) is 24.3 Å². The molecule has 0 radical (unpaired) electrons. The number of nitrogens with two attached hydrogens (primary N) is 2. The zero-order valence-corrected chi connectivity index (χ0v) is 20.0. The third kappa shape index (κ3) is 5.08. The van der Waals surface area contributed by atoms with Crippen molar-refractivity contribution in [3.8, 4) is 0 Å². The topological polar surface area (TPSA) is 214 Å². The van der Waals surface area contributed by atoms with Gasteiger partial charge in [-0.15, -0.1) is 23.1 Å². The molecule has 0 saturated carbocycles. The van der Waals surface area contributed by atoms with Gasteiger partial charge in [0.2, 0.25) is 6.61 Å². The van der Waals surface area contributed by atoms with Gasteiger partial charge in [-0.05, 0) is 6.07 Å². The minimum atomic E-state index is -1.31. The fourth-order valence-electron chi connectivity index (χ4n) is 3.63. The molecule has 4 rings (SSSR count). The molecule has 1 saturated heterocycles. The number of aromatic nitrogens is 2. The normalized spacial score (nSPS) is 19.4. The Labute approximate surface area is 211 Å². The van der Waals surface area contributed by atoms with E-state index in [1.807, 2.05) is 0 Å². The highest BCUT2D eigenvalue weighted by Gasteiger charge is 2.54. The van der Waals surface area contributed by atoms with Crippen molar-refractivity contribution in [1.29, 1.82) is 0 Å². The van der Waals surface area contributed by atoms with Crippen LogP contribution in [-0.4, -0.2) is 73.3 Å². The Morgan fingerprint density at radius 3 is 2.75 bits per heavy atom. The Bertz CT molecular complexity index is 1310. The molecule has 7 N–H and O–H groups in total. The molecule has 2 atom stereocenters. The number of oxime groups is 1. The van der Waals surface area contributed by atoms with Gasteiger partial charge in [0.05, 0.1) is 5.69 Å². The van der Waals surface area contributed by atoms with Crippen LogP contribution >= 0.6 is 23.1 Å². The molecule has 2 aromatic heterocycles. The predicted octanol–water partition coefficient (Wildman–Crippen LogP) is -1.16. The number of anilines is 2. The molecule has 1 fully saturated rings. The molecule has 2 aliphatic heterocycles. The minimum Gasteiger partial charge on any atom is -0.479 e. The van der Waals surface area contributed by atoms with E-state index in [-0.39, 0.29) is 28.8 Å². The third-order valence-electron chi connectivity index (χ3n) is 5.11. The number of nitrogens with zero attached hydrogens (tertiary/aromatic N) is 4. The van der Waals surface area contributed by atoms with Crippen LogP contribution in [0.2, 0.25) is 0 Å². The number of hydrogen-bond donors (Lipinski definition) is 5. The summed E-state index contributed by atoms with van der Waals surface area (Å²) in [7, 11) is 0. The summed E-state index contributed by atoms with van der Waals surface area (Å²) in [6.07, 6.45) is 3.39. The van der Waals surface area contributed by atoms with Crippen LogP contribution in [0, 0.1) is 0 Å². The Balaban J connectivity index is 1.53. The summed E-state index contributed by atoms with van der Waals surface area (Å²) < 4.78 is 1.72. The quantitative estimate of drug-likeness (QED) is 0.112. The molecule has 0 aliphatic carbocycles. The van der Waals surface area contributed by atoms with Crippen LogP contribution in [0.5, 0.6) is 0 Å². The fraction of sp³-hybridized carbons (Fsp3) is 0.250. The highest BCUT2D eigenvalue weighted by Crippen LogP contribution is 2.40. The summed E-state index contributed by atoms with van der Waals surface area (Å²) in [5.74, 6) is -3.74. The third-order valence-corrected chi connectivity index (χ3v) is 7.13. The number of nitrogens with one attached hydrogen (secondary N) is 1. The van der Waals surface area contributed by atoms with Gasteiger partial charge in [0.15, 0.2) is 29.8 Å². The van der Waals surface area contributed by atoms with Gasteiger partial charge in [-0.2, -0.15) is 4.57 Å². The number of thioether (sulfide) groups is 1. The monoisotopic (exact) mass is 534 g/mol. The summed E-state index contributed by atoms with van der Waals surface area (Å²) in [5, 5.41) is 25.6. The molecule has 2 aromatic rings. The lowest BCUT2D eigenvalue weighted by molar-refractivity contribution is -0.688. The SMILES string of the molecule is Nc1ccc[n+](CC2=C(C(=O)O)N3C(=O)C(NC(=O)C(=NOCC(=O)O)c4csc(N)n4)[C@@H]3SC2)c1. The van der Waals surface area contributed by atoms with E-state index in [0.717, 1.165) is 16.2 Å². The average Bonchev–Trinajstić information content (AvgIpc) is 3.25. The lowest BCUT2D eigenvalue weighted by Gasteiger charge is -2.49. The maximum Gasteiger partial charge on any atom is 0.352 e. The largest absolute Gasteiger partial charge is 0.479 e. The average molecular weight is 535 g/mol. The van der Waals surface area contributed by atoms with Gasteiger partial charge in [0, 0.05) is 22.8 Å². The Morgan fingerprint density at radius 2 is 2.11 bits per heavy atom. The predicted molar refractivity (Wildman–Crippen MR) is 127 cm³/mol. The first-order valence-corrected chi connectivity index (χ1v) is 12.2. The Hall–Kier alpha value is -4.18. The zero-order chi connectivity index (χ0) is 26.0. The first-order valence-electron chi connectivity index (χ1n) is 10.2. The summed E-state index contributed by atoms with van der Waals surface area (Å²) in [6, 6.07) is 2.38. The van der Waals surface area contributed by atoms with Crippen molar-refractivity contribution in [3.05, 3.63) is 46.9 Å². The van der Waals surface area contributed by atoms with Crippen molar-refractivity contribution in [2.45, 2.75) is 18.0 Å². The van der Waals surface area contributed by atoms with E-state index in [1.165, 1.54) is 17.1 Å². The number of carboxylic acid groups (broad SMARTS) is 2. The number of rotatable bonds is 9. The number of carbonyl (C=O) groups excluding carboxylic acids is 2. The van der Waals surface area contributed by atoms with E-state index in [1.54, 1.807) is 29.1 Å². The van der Waals surface area contributed by atoms with E-state index in [4.69, 9.17) is 21.4 Å². The summed E-state index contributed by atoms with van der Waals surface area (Å²) in [5.41, 5.74) is 11.9. The molecule has 14 nitrogen and oxygen atoms in total. The molecule has 0 spiro atoms. The number of nitrogen functional groups attached to an aromatic ring is 2. The molecule has 188 valence electrons. The first kappa shape index (κ1) is 24.9. The summed E-state index contributed by atoms with van der Waals surface area (Å²) in [6.45, 7) is -0.582. The highest BCUT2D eigenvalue weighted by molar-refractivity contribution is 8.00. The molecule has 36 heavy (non-hydrogen) atoms. The Kier molecular flexibility index (Phi) is 7.07. The maximum atomic E-state index is 13.0. The highest BCUT2D eigenvalue weighted by atomic mass is 32.2. The molecule has 2 aliphatic rings. The molecule has 2 amide bonds. The van der Waals surface area contributed by atoms with E-state index in [2.05, 4.69) is 15.5 Å². The second kappa shape index (κ2) is 10.2. The number of amides is 2. The van der Waals surface area contributed by atoms with Gasteiger partial charge >= 0.3 is 11.9 Å². The van der Waals surface area contributed by atoms with Crippen LogP contribution in [0.15, 0.2) is 46.3 Å². The summed E-state index contributed by atoms with van der Waals surface area (Å²) in [4.78, 5) is 58.5. The van der Waals surface area contributed by atoms with Crippen molar-refractivity contribution in [2.75, 3.05) is 23.8 Å². The van der Waals surface area contributed by atoms with Gasteiger partial charge in [-0.1, -0.05) is 5.16 Å². The Morgan fingerprint density at radius 1 is 1.33 bits per heavy atom. The van der Waals surface area contributed by atoms with Crippen LogP contribution in [0.25, 0.3) is 0 Å². The maximum absolute atomic E-state index is 13.0. The van der Waals surface area contributed by atoms with E-state index in [0.29, 0.717) is 17.0 Å². The second-order valence-electron chi connectivity index (χ2n) is 7.61. The van der Waals surface area contributed by atoms with Crippen LogP contribution in [0.4, 0.5) is 10.8 Å². The van der Waals surface area contributed by atoms with Crippen LogP contribution in [0.1, 0.15) is 5.69 Å². The van der Waals surface area contributed by atoms with Crippen LogP contribution < -0.4 is 21.4 Å². The molecule has 0 aromatic carbocycles. The molecule has 0 bridgehead atoms. The number of β-lactam (4-membered cyclic amide) rings is 1. The summed E-state index contributed by atoms with van der Waals surface area (Å²) >= 11 is 2.32. The number of aliphatic carboxylic acids is 2. The standard InChI is InChI=1S/C20H19N7O7S2/c21-10-2-1-3-26(5-10)4-9-7-35-18-14(17(31)27(18)15(9)19(32)33)24-16(30)13(25-34-6-12(28)29)11-8-36-20(22)23-11/h1-3,5,8,14,18H,4,6-7,21H2,(H4-,22,23,24,28,29,30,32,33)/p+1/t14?,18-/m0/s1. The van der Waals surface area contributed by atoms with E-state index >= 15 is 0 Å². The smallest absolute Gasteiger partial charge is 0.352 e. The van der Waals surface area contributed by atoms with Gasteiger partial charge in [-0.3, -0.25) is 14.5 Å². The van der Waals surface area contributed by atoms with Gasteiger partial charge in [0.25, 0.3) is 11.8 Å². The zero-order valence-electron chi connectivity index (χ0n) is 18.4. The minimum absolute atomic E-state index is 0.0351. The first-order chi connectivity index (χ1) is 17.2. The van der Waals surface area contributed by atoms with Crippen LogP contribution in [0.3, 0.4) is 0 Å². The number of carbonyl (C=O) groups is 4. The van der Waals surface area contributed by atoms with Crippen LogP contribution in [-0.2, 0) is 30.6 Å². The van der Waals surface area contributed by atoms with Crippen molar-refractivity contribution < 1.29 is 38.8 Å². The molecule has 1 unspecified atom stereocenters. The number of pyridine rings is 1. The molecular formula is C20H20N7O7S2+.